The summed E-state index contributed by atoms with van der Waals surface area (Å²) in [5, 5.41) is 0.820. The first-order valence-electron chi connectivity index (χ1n) is 12.2. The average molecular weight is 526 g/mol. The molecule has 0 amide bonds. The Labute approximate surface area is 222 Å². The highest BCUT2D eigenvalue weighted by atomic mass is 16.5. The summed E-state index contributed by atoms with van der Waals surface area (Å²) < 4.78 is 27.9. The van der Waals surface area contributed by atoms with Crippen LogP contribution < -0.4 is 29.2 Å². The second-order valence-electron chi connectivity index (χ2n) is 9.12. The smallest absolute Gasteiger partial charge is 0.312 e. The molecule has 0 saturated carbocycles. The molecule has 0 aliphatic carbocycles. The first kappa shape index (κ1) is 24.3. The molecule has 2 aliphatic heterocycles. The van der Waals surface area contributed by atoms with E-state index < -0.39 is 11.9 Å². The van der Waals surface area contributed by atoms with Gasteiger partial charge in [0.2, 0.25) is 11.5 Å². The van der Waals surface area contributed by atoms with Crippen LogP contribution in [0.25, 0.3) is 17.0 Å². The Morgan fingerprint density at radius 2 is 1.64 bits per heavy atom. The van der Waals surface area contributed by atoms with Gasteiger partial charge in [-0.3, -0.25) is 14.4 Å². The number of ether oxygens (including phenoxy) is 5. The van der Waals surface area contributed by atoms with E-state index in [4.69, 9.17) is 23.7 Å². The maximum Gasteiger partial charge on any atom is 0.312 e. The lowest BCUT2D eigenvalue weighted by Crippen LogP contribution is -2.26. The van der Waals surface area contributed by atoms with Crippen LogP contribution in [0.2, 0.25) is 0 Å². The largest absolute Gasteiger partial charge is 0.493 e. The number of hydrogen-bond donors (Lipinski definition) is 1. The molecule has 4 aromatic rings. The second-order valence-corrected chi connectivity index (χ2v) is 9.12. The van der Waals surface area contributed by atoms with Crippen LogP contribution >= 0.6 is 0 Å². The van der Waals surface area contributed by atoms with E-state index >= 15 is 0 Å². The van der Waals surface area contributed by atoms with Gasteiger partial charge in [0.05, 0.1) is 33.3 Å². The number of ketones is 1. The molecule has 3 heterocycles. The maximum absolute atomic E-state index is 13.4. The Kier molecular flexibility index (Phi) is 5.83. The molecule has 1 aromatic heterocycles. The van der Waals surface area contributed by atoms with Crippen LogP contribution in [0.1, 0.15) is 39.4 Å². The fraction of sp³-hybridized carbons (Fsp3) is 0.167. The van der Waals surface area contributed by atoms with Gasteiger partial charge < -0.3 is 28.7 Å². The van der Waals surface area contributed by atoms with E-state index in [0.717, 1.165) is 5.39 Å². The van der Waals surface area contributed by atoms with Gasteiger partial charge >= 0.3 is 5.97 Å². The summed E-state index contributed by atoms with van der Waals surface area (Å²) in [4.78, 5) is 42.0. The quantitative estimate of drug-likeness (QED) is 0.228. The normalized spacial score (nSPS) is 16.9. The number of fused-ring (bicyclic) bond motifs is 4. The van der Waals surface area contributed by atoms with Gasteiger partial charge in [0.1, 0.15) is 11.5 Å². The van der Waals surface area contributed by atoms with Gasteiger partial charge in [-0.15, -0.1) is 0 Å². The predicted octanol–water partition coefficient (Wildman–Crippen LogP) is 4.61. The minimum Gasteiger partial charge on any atom is -0.493 e. The van der Waals surface area contributed by atoms with Gasteiger partial charge in [-0.1, -0.05) is 18.2 Å². The lowest BCUT2D eigenvalue weighted by Gasteiger charge is -2.26. The molecule has 0 saturated heterocycles. The SMILES string of the molecule is COc1cc(C=C2Oc3c(ccc4c3C(c3cc5ccccc5[nH]c3=O)CC(=O)O4)C2=O)cc(OC)c1OC. The van der Waals surface area contributed by atoms with Gasteiger partial charge in [-0.05, 0) is 53.4 Å². The summed E-state index contributed by atoms with van der Waals surface area (Å²) in [5.41, 5.74) is 2.13. The molecule has 39 heavy (non-hydrogen) atoms. The Balaban J connectivity index is 1.47. The van der Waals surface area contributed by atoms with Crippen molar-refractivity contribution in [3.05, 3.63) is 93.0 Å². The van der Waals surface area contributed by atoms with Crippen molar-refractivity contribution in [3.8, 4) is 28.7 Å². The molecule has 2 aliphatic rings. The summed E-state index contributed by atoms with van der Waals surface area (Å²) in [5.74, 6) is 0.364. The molecule has 0 radical (unpaired) electrons. The first-order chi connectivity index (χ1) is 18.9. The Bertz CT molecular complexity index is 1740. The Hall–Kier alpha value is -5.05. The second kappa shape index (κ2) is 9.36. The highest BCUT2D eigenvalue weighted by molar-refractivity contribution is 6.15. The predicted molar refractivity (Wildman–Crippen MR) is 142 cm³/mol. The van der Waals surface area contributed by atoms with Crippen molar-refractivity contribution in [2.24, 2.45) is 0 Å². The number of aromatic amines is 1. The van der Waals surface area contributed by atoms with Crippen molar-refractivity contribution < 1.29 is 33.3 Å². The Morgan fingerprint density at radius 3 is 2.36 bits per heavy atom. The van der Waals surface area contributed by atoms with Crippen molar-refractivity contribution in [2.75, 3.05) is 21.3 Å². The minimum absolute atomic E-state index is 0.0655. The van der Waals surface area contributed by atoms with Gasteiger partial charge in [-0.25, -0.2) is 0 Å². The highest BCUT2D eigenvalue weighted by Gasteiger charge is 2.39. The maximum atomic E-state index is 13.4. The van der Waals surface area contributed by atoms with Crippen LogP contribution in [0.3, 0.4) is 0 Å². The van der Waals surface area contributed by atoms with Crippen molar-refractivity contribution in [3.63, 3.8) is 0 Å². The van der Waals surface area contributed by atoms with E-state index in [9.17, 15) is 14.4 Å². The molecule has 0 bridgehead atoms. The number of rotatable bonds is 5. The number of pyridine rings is 1. The lowest BCUT2D eigenvalue weighted by atomic mass is 9.85. The van der Waals surface area contributed by atoms with Crippen LogP contribution in [0.4, 0.5) is 0 Å². The molecule has 9 heteroatoms. The van der Waals surface area contributed by atoms with E-state index in [1.165, 1.54) is 21.3 Å². The van der Waals surface area contributed by atoms with E-state index in [2.05, 4.69) is 4.98 Å². The molecule has 0 fully saturated rings. The highest BCUT2D eigenvalue weighted by Crippen LogP contribution is 2.49. The van der Waals surface area contributed by atoms with Gasteiger partial charge in [0.15, 0.2) is 17.3 Å². The number of Topliss-reactive ketones (excluding diaryl/α,β-unsaturated/α-hetero) is 1. The van der Waals surface area contributed by atoms with E-state index in [1.54, 1.807) is 36.4 Å². The molecular weight excluding hydrogens is 502 g/mol. The van der Waals surface area contributed by atoms with Gasteiger partial charge in [-0.2, -0.15) is 0 Å². The fourth-order valence-electron chi connectivity index (χ4n) is 5.13. The third kappa shape index (κ3) is 3.99. The zero-order chi connectivity index (χ0) is 27.3. The van der Waals surface area contributed by atoms with Crippen LogP contribution in [-0.2, 0) is 4.79 Å². The van der Waals surface area contributed by atoms with Crippen molar-refractivity contribution >= 4 is 28.7 Å². The van der Waals surface area contributed by atoms with E-state index in [0.29, 0.717) is 45.0 Å². The molecule has 3 aromatic carbocycles. The number of esters is 1. The van der Waals surface area contributed by atoms with E-state index in [-0.39, 0.29) is 35.0 Å². The number of carbonyl (C=O) groups excluding carboxylic acids is 2. The number of carbonyl (C=O) groups is 2. The third-order valence-corrected chi connectivity index (χ3v) is 6.92. The Morgan fingerprint density at radius 1 is 0.897 bits per heavy atom. The van der Waals surface area contributed by atoms with Crippen LogP contribution in [0.5, 0.6) is 28.7 Å². The number of para-hydroxylation sites is 1. The molecule has 9 nitrogen and oxygen atoms in total. The monoisotopic (exact) mass is 525 g/mol. The molecule has 1 unspecified atom stereocenters. The molecule has 0 spiro atoms. The van der Waals surface area contributed by atoms with Crippen molar-refractivity contribution in [2.45, 2.75) is 12.3 Å². The van der Waals surface area contributed by atoms with Crippen LogP contribution in [0.15, 0.2) is 65.2 Å². The van der Waals surface area contributed by atoms with Crippen molar-refractivity contribution in [1.82, 2.24) is 4.98 Å². The molecular formula is C30H23NO8. The van der Waals surface area contributed by atoms with Crippen LogP contribution in [0, 0.1) is 0 Å². The summed E-state index contributed by atoms with van der Waals surface area (Å²) in [6.07, 6.45) is 1.50. The topological polar surface area (TPSA) is 113 Å². The summed E-state index contributed by atoms with van der Waals surface area (Å²) in [7, 11) is 4.51. The summed E-state index contributed by atoms with van der Waals surface area (Å²) >= 11 is 0. The average Bonchev–Trinajstić information content (AvgIpc) is 3.26. The minimum atomic E-state index is -0.669. The molecule has 6 rings (SSSR count). The van der Waals surface area contributed by atoms with Gasteiger partial charge in [0, 0.05) is 22.6 Å². The van der Waals surface area contributed by atoms with E-state index in [1.807, 2.05) is 24.3 Å². The first-order valence-corrected chi connectivity index (χ1v) is 12.2. The number of hydrogen-bond acceptors (Lipinski definition) is 8. The number of benzene rings is 3. The number of H-pyrrole nitrogens is 1. The zero-order valence-corrected chi connectivity index (χ0v) is 21.3. The lowest BCUT2D eigenvalue weighted by molar-refractivity contribution is -0.135. The fourth-order valence-corrected chi connectivity index (χ4v) is 5.13. The van der Waals surface area contributed by atoms with Gasteiger partial charge in [0.25, 0.3) is 5.56 Å². The number of allylic oxidation sites excluding steroid dienone is 1. The molecule has 1 atom stereocenters. The molecule has 196 valence electrons. The third-order valence-electron chi connectivity index (χ3n) is 6.92. The number of nitrogens with one attached hydrogen (secondary N) is 1. The molecule has 1 N–H and O–H groups in total. The number of aromatic nitrogens is 1. The standard InChI is InChI=1S/C30H23NO8/c1-35-23-11-15(12-24(36-2)29(23)37-3)10-22-27(33)17-8-9-21-26(28(17)39-22)18(14-25(32)38-21)19-13-16-6-4-5-7-20(16)31-30(19)34/h4-13,18H,14H2,1-3H3,(H,31,34). The summed E-state index contributed by atoms with van der Waals surface area (Å²) in [6, 6.07) is 15.7. The number of methoxy groups -OCH3 is 3. The van der Waals surface area contributed by atoms with Crippen LogP contribution in [-0.4, -0.2) is 38.1 Å². The summed E-state index contributed by atoms with van der Waals surface area (Å²) in [6.45, 7) is 0. The van der Waals surface area contributed by atoms with Crippen molar-refractivity contribution in [1.29, 1.82) is 0 Å². The zero-order valence-electron chi connectivity index (χ0n) is 21.3.